The van der Waals surface area contributed by atoms with Crippen LogP contribution in [-0.2, 0) is 4.79 Å². The Labute approximate surface area is 223 Å². The summed E-state index contributed by atoms with van der Waals surface area (Å²) in [6, 6.07) is 17.3. The van der Waals surface area contributed by atoms with E-state index in [1.807, 2.05) is 42.5 Å². The van der Waals surface area contributed by atoms with Crippen molar-refractivity contribution in [3.63, 3.8) is 0 Å². The molecule has 5 nitrogen and oxygen atoms in total. The summed E-state index contributed by atoms with van der Waals surface area (Å²) in [7, 11) is 0. The number of aromatic nitrogens is 1. The zero-order chi connectivity index (χ0) is 24.2. The number of aromatic hydroxyl groups is 1. The monoisotopic (exact) mass is 617 g/mol. The van der Waals surface area contributed by atoms with Crippen molar-refractivity contribution in [3.05, 3.63) is 74.7 Å². The fourth-order valence-corrected chi connectivity index (χ4v) is 6.30. The molecule has 1 heterocycles. The largest absolute Gasteiger partial charge is 0.506 e. The Balaban J connectivity index is 1.39. The maximum atomic E-state index is 12.4. The number of halogens is 2. The summed E-state index contributed by atoms with van der Waals surface area (Å²) in [6.45, 7) is 4.29. The number of phenolic OH excluding ortho intramolecular Hbond substituents is 1. The van der Waals surface area contributed by atoms with Crippen molar-refractivity contribution in [2.24, 2.45) is 4.99 Å². The fourth-order valence-electron chi connectivity index (χ4n) is 3.14. The molecule has 3 aromatic carbocycles. The molecule has 34 heavy (non-hydrogen) atoms. The normalized spacial score (nSPS) is 11.6. The first kappa shape index (κ1) is 24.9. The van der Waals surface area contributed by atoms with Gasteiger partial charge in [-0.15, -0.1) is 11.3 Å². The van der Waals surface area contributed by atoms with Crippen LogP contribution in [0.1, 0.15) is 30.9 Å². The average molecular weight is 619 g/mol. The lowest BCUT2D eigenvalue weighted by Crippen LogP contribution is -2.13. The summed E-state index contributed by atoms with van der Waals surface area (Å²) in [5.74, 6) is 0.819. The SMILES string of the molecule is CC(C)c1ccc(NC(=O)CSc2nc3ccc(N=Cc4cc(Br)cc(Br)c4O)cc3s2)cc1. The second kappa shape index (κ2) is 11.0. The van der Waals surface area contributed by atoms with Crippen LogP contribution >= 0.6 is 55.0 Å². The molecule has 4 aromatic rings. The van der Waals surface area contributed by atoms with Gasteiger partial charge in [0, 0.05) is 21.9 Å². The van der Waals surface area contributed by atoms with Gasteiger partial charge in [-0.2, -0.15) is 0 Å². The highest BCUT2D eigenvalue weighted by atomic mass is 79.9. The van der Waals surface area contributed by atoms with Gasteiger partial charge in [0.25, 0.3) is 0 Å². The third-order valence-corrected chi connectivity index (χ3v) is 8.17. The summed E-state index contributed by atoms with van der Waals surface area (Å²) in [5, 5.41) is 13.1. The third kappa shape index (κ3) is 6.27. The van der Waals surface area contributed by atoms with Gasteiger partial charge in [-0.3, -0.25) is 9.79 Å². The number of aliphatic imine (C=N–C) groups is 1. The zero-order valence-corrected chi connectivity index (χ0v) is 23.2. The Hall–Kier alpha value is -2.20. The number of carbonyl (C=O) groups excluding carboxylic acids is 1. The van der Waals surface area contributed by atoms with Crippen LogP contribution in [0, 0.1) is 0 Å². The van der Waals surface area contributed by atoms with Crippen LogP contribution in [-0.4, -0.2) is 28.0 Å². The molecule has 9 heteroatoms. The minimum atomic E-state index is -0.0631. The quantitative estimate of drug-likeness (QED) is 0.162. The Bertz CT molecular complexity index is 1370. The Kier molecular flexibility index (Phi) is 8.08. The minimum absolute atomic E-state index is 0.0631. The van der Waals surface area contributed by atoms with E-state index < -0.39 is 0 Å². The number of amides is 1. The molecule has 2 N–H and O–H groups in total. The highest BCUT2D eigenvalue weighted by molar-refractivity contribution is 9.11. The predicted octanol–water partition coefficient (Wildman–Crippen LogP) is 8.13. The number of anilines is 1. The molecule has 0 atom stereocenters. The van der Waals surface area contributed by atoms with Gasteiger partial charge in [-0.05, 0) is 69.9 Å². The zero-order valence-electron chi connectivity index (χ0n) is 18.4. The van der Waals surface area contributed by atoms with Gasteiger partial charge in [0.15, 0.2) is 4.34 Å². The molecular weight excluding hydrogens is 598 g/mol. The highest BCUT2D eigenvalue weighted by Gasteiger charge is 2.10. The van der Waals surface area contributed by atoms with Crippen LogP contribution in [0.15, 0.2) is 72.9 Å². The van der Waals surface area contributed by atoms with E-state index in [0.717, 1.165) is 30.4 Å². The van der Waals surface area contributed by atoms with Gasteiger partial charge in [0.2, 0.25) is 5.91 Å². The Morgan fingerprint density at radius 3 is 2.68 bits per heavy atom. The van der Waals surface area contributed by atoms with Crippen molar-refractivity contribution in [1.82, 2.24) is 4.98 Å². The first-order valence-electron chi connectivity index (χ1n) is 10.4. The molecule has 0 bridgehead atoms. The van der Waals surface area contributed by atoms with Gasteiger partial charge in [0.05, 0.1) is 26.1 Å². The summed E-state index contributed by atoms with van der Waals surface area (Å²) in [5.41, 5.74) is 4.26. The van der Waals surface area contributed by atoms with Crippen LogP contribution in [0.5, 0.6) is 5.75 Å². The summed E-state index contributed by atoms with van der Waals surface area (Å²) in [6.07, 6.45) is 1.63. The van der Waals surface area contributed by atoms with Gasteiger partial charge in [-0.25, -0.2) is 4.98 Å². The fraction of sp³-hybridized carbons (Fsp3) is 0.160. The molecule has 0 aliphatic rings. The Morgan fingerprint density at radius 2 is 1.94 bits per heavy atom. The predicted molar refractivity (Wildman–Crippen MR) is 150 cm³/mol. The molecule has 0 saturated heterocycles. The van der Waals surface area contributed by atoms with E-state index in [9.17, 15) is 9.90 Å². The molecular formula is C25H21Br2N3O2S2. The molecule has 0 spiro atoms. The van der Waals surface area contributed by atoms with Crippen molar-refractivity contribution in [3.8, 4) is 5.75 Å². The summed E-state index contributed by atoms with van der Waals surface area (Å²) in [4.78, 5) is 21.5. The first-order chi connectivity index (χ1) is 16.3. The summed E-state index contributed by atoms with van der Waals surface area (Å²) < 4.78 is 3.26. The van der Waals surface area contributed by atoms with Gasteiger partial charge in [0.1, 0.15) is 5.75 Å². The standard InChI is InChI=1S/C25H21Br2N3O2S2/c1-14(2)15-3-5-18(6-4-15)29-23(31)13-33-25-30-21-8-7-19(11-22(21)34-25)28-12-16-9-17(26)10-20(27)24(16)32/h3-12,14,32H,13H2,1-2H3,(H,29,31). The lowest BCUT2D eigenvalue weighted by molar-refractivity contribution is -0.113. The highest BCUT2D eigenvalue weighted by Crippen LogP contribution is 2.33. The van der Waals surface area contributed by atoms with Gasteiger partial charge < -0.3 is 10.4 Å². The smallest absolute Gasteiger partial charge is 0.234 e. The number of benzene rings is 3. The van der Waals surface area contributed by atoms with Crippen LogP contribution in [0.4, 0.5) is 11.4 Å². The van der Waals surface area contributed by atoms with Crippen molar-refractivity contribution in [2.45, 2.75) is 24.1 Å². The lowest BCUT2D eigenvalue weighted by Gasteiger charge is -2.08. The second-order valence-electron chi connectivity index (χ2n) is 7.83. The topological polar surface area (TPSA) is 74.6 Å². The molecule has 0 fully saturated rings. The number of phenols is 1. The number of nitrogens with zero attached hydrogens (tertiary/aromatic N) is 2. The maximum absolute atomic E-state index is 12.4. The molecule has 1 amide bonds. The van der Waals surface area contributed by atoms with Gasteiger partial charge >= 0.3 is 0 Å². The van der Waals surface area contributed by atoms with E-state index in [4.69, 9.17) is 0 Å². The lowest BCUT2D eigenvalue weighted by atomic mass is 10.0. The van der Waals surface area contributed by atoms with E-state index in [-0.39, 0.29) is 17.4 Å². The molecule has 0 unspecified atom stereocenters. The number of carbonyl (C=O) groups is 1. The molecule has 0 saturated carbocycles. The molecule has 0 aliphatic carbocycles. The number of nitrogens with one attached hydrogen (secondary N) is 1. The Morgan fingerprint density at radius 1 is 1.18 bits per heavy atom. The number of rotatable bonds is 7. The van der Waals surface area contributed by atoms with E-state index >= 15 is 0 Å². The molecule has 0 aliphatic heterocycles. The number of hydrogen-bond acceptors (Lipinski definition) is 6. The van der Waals surface area contributed by atoms with Crippen LogP contribution < -0.4 is 5.32 Å². The van der Waals surface area contributed by atoms with E-state index in [1.54, 1.807) is 18.3 Å². The molecule has 0 radical (unpaired) electrons. The molecule has 4 rings (SSSR count). The van der Waals surface area contributed by atoms with Gasteiger partial charge in [-0.1, -0.05) is 53.7 Å². The third-order valence-electron chi connectivity index (χ3n) is 4.95. The minimum Gasteiger partial charge on any atom is -0.506 e. The number of fused-ring (bicyclic) bond motifs is 1. The molecule has 1 aromatic heterocycles. The van der Waals surface area contributed by atoms with E-state index in [2.05, 4.69) is 61.0 Å². The maximum Gasteiger partial charge on any atom is 0.234 e. The summed E-state index contributed by atoms with van der Waals surface area (Å²) >= 11 is 9.69. The number of thioether (sulfide) groups is 1. The van der Waals surface area contributed by atoms with Crippen molar-refractivity contribution < 1.29 is 9.90 Å². The van der Waals surface area contributed by atoms with E-state index in [1.165, 1.54) is 28.7 Å². The van der Waals surface area contributed by atoms with Crippen LogP contribution in [0.2, 0.25) is 0 Å². The van der Waals surface area contributed by atoms with Crippen molar-refractivity contribution in [2.75, 3.05) is 11.1 Å². The van der Waals surface area contributed by atoms with Crippen molar-refractivity contribution in [1.29, 1.82) is 0 Å². The van der Waals surface area contributed by atoms with E-state index in [0.29, 0.717) is 16.0 Å². The van der Waals surface area contributed by atoms with Crippen molar-refractivity contribution >= 4 is 88.7 Å². The van der Waals surface area contributed by atoms with Crippen LogP contribution in [0.25, 0.3) is 10.2 Å². The number of hydrogen-bond donors (Lipinski definition) is 2. The second-order valence-corrected chi connectivity index (χ2v) is 11.9. The number of thiazole rings is 1. The first-order valence-corrected chi connectivity index (χ1v) is 13.8. The molecule has 174 valence electrons. The average Bonchev–Trinajstić information content (AvgIpc) is 3.21. The van der Waals surface area contributed by atoms with Crippen LogP contribution in [0.3, 0.4) is 0 Å².